The smallest absolute Gasteiger partial charge is 0.410 e. The lowest BCUT2D eigenvalue weighted by Gasteiger charge is -2.48. The molecule has 210 valence electrons. The van der Waals surface area contributed by atoms with E-state index in [0.29, 0.717) is 13.0 Å². The summed E-state index contributed by atoms with van der Waals surface area (Å²) in [6.45, 7) is 7.64. The van der Waals surface area contributed by atoms with Crippen LogP contribution in [0.5, 0.6) is 5.75 Å². The number of aryl methyl sites for hydroxylation is 2. The molecule has 0 bridgehead atoms. The van der Waals surface area contributed by atoms with E-state index in [9.17, 15) is 4.79 Å². The van der Waals surface area contributed by atoms with Crippen LogP contribution in [0.2, 0.25) is 0 Å². The number of para-hydroxylation sites is 1. The van der Waals surface area contributed by atoms with E-state index >= 15 is 13.2 Å². The van der Waals surface area contributed by atoms with Crippen LogP contribution >= 0.6 is 33.9 Å². The Morgan fingerprint density at radius 2 is 1.85 bits per heavy atom. The molecule has 1 amide bonds. The third kappa shape index (κ3) is 6.27. The Balaban J connectivity index is 1.69. The van der Waals surface area contributed by atoms with Crippen molar-refractivity contribution < 1.29 is 22.7 Å². The van der Waals surface area contributed by atoms with Gasteiger partial charge in [-0.2, -0.15) is 13.2 Å². The fourth-order valence-corrected chi connectivity index (χ4v) is 7.16. The van der Waals surface area contributed by atoms with Crippen molar-refractivity contribution >= 4 is 40.0 Å². The molecule has 3 heterocycles. The Morgan fingerprint density at radius 1 is 1.13 bits per heavy atom. The average molecular weight is 672 g/mol. The topological polar surface area (TPSA) is 54.5 Å². The van der Waals surface area contributed by atoms with Gasteiger partial charge in [0.15, 0.2) is 0 Å². The highest BCUT2D eigenvalue weighted by atomic mass is 127. The molecule has 1 saturated heterocycles. The summed E-state index contributed by atoms with van der Waals surface area (Å²) in [4.78, 5) is 20.5. The summed E-state index contributed by atoms with van der Waals surface area (Å²) in [5.41, 5.74) is -2.58. The number of hydrogen-bond acceptors (Lipinski definition) is 5. The number of aromatic nitrogens is 1. The summed E-state index contributed by atoms with van der Waals surface area (Å²) in [5, 5.41) is 2.30. The molecule has 2 atom stereocenters. The molecular weight excluding hydrogens is 638 g/mol. The highest BCUT2D eigenvalue weighted by Gasteiger charge is 2.66. The Hall–Kier alpha value is -2.18. The van der Waals surface area contributed by atoms with Crippen molar-refractivity contribution in [3.05, 3.63) is 79.8 Å². The fraction of sp³-hybridized carbons (Fsp3) is 0.448. The van der Waals surface area contributed by atoms with Gasteiger partial charge >= 0.3 is 12.3 Å². The van der Waals surface area contributed by atoms with E-state index in [4.69, 9.17) is 4.74 Å². The summed E-state index contributed by atoms with van der Waals surface area (Å²) < 4.78 is 51.7. The van der Waals surface area contributed by atoms with Crippen molar-refractivity contribution in [2.75, 3.05) is 13.1 Å². The first-order valence-electron chi connectivity index (χ1n) is 12.8. The minimum atomic E-state index is -4.72. The quantitative estimate of drug-likeness (QED) is 0.249. The van der Waals surface area contributed by atoms with Gasteiger partial charge in [-0.25, -0.2) is 4.79 Å². The zero-order valence-corrected chi connectivity index (χ0v) is 25.4. The maximum Gasteiger partial charge on any atom is 0.413 e. The summed E-state index contributed by atoms with van der Waals surface area (Å²) in [5.74, 6) is 0.183. The largest absolute Gasteiger partial charge is 0.413 e. The van der Waals surface area contributed by atoms with E-state index in [-0.39, 0.29) is 25.1 Å². The summed E-state index contributed by atoms with van der Waals surface area (Å²) in [7, 11) is 0. The highest BCUT2D eigenvalue weighted by molar-refractivity contribution is 14.1. The second-order valence-corrected chi connectivity index (χ2v) is 13.9. The minimum absolute atomic E-state index is 0.151. The van der Waals surface area contributed by atoms with E-state index in [1.165, 1.54) is 12.1 Å². The first-order valence-corrected chi connectivity index (χ1v) is 14.7. The number of amides is 1. The number of pyridine rings is 1. The number of nitrogens with zero attached hydrogens (tertiary/aromatic N) is 2. The summed E-state index contributed by atoms with van der Waals surface area (Å²) >= 11 is 3.80. The van der Waals surface area contributed by atoms with Gasteiger partial charge in [0.25, 0.3) is 0 Å². The lowest BCUT2D eigenvalue weighted by Crippen LogP contribution is -2.68. The number of benzene rings is 1. The number of hydrogen-bond donors (Lipinski definition) is 1. The first-order chi connectivity index (χ1) is 18.3. The molecule has 1 aromatic carbocycles. The van der Waals surface area contributed by atoms with Crippen molar-refractivity contribution in [2.45, 2.75) is 64.2 Å². The summed E-state index contributed by atoms with van der Waals surface area (Å²) in [6, 6.07) is 16.0. The van der Waals surface area contributed by atoms with Gasteiger partial charge in [0.05, 0.1) is 2.88 Å². The molecule has 1 aliphatic heterocycles. The maximum absolute atomic E-state index is 15.1. The SMILES string of the molecule is Cc1ccc(C(C)(C)N2CCC(CCc3ccc(I)s3)(C(C)(NC(=O)Oc3ccccc3)C(F)(F)F)C2)cn1. The van der Waals surface area contributed by atoms with Gasteiger partial charge in [0, 0.05) is 34.3 Å². The van der Waals surface area contributed by atoms with Crippen LogP contribution < -0.4 is 10.1 Å². The number of likely N-dealkylation sites (tertiary alicyclic amines) is 1. The lowest BCUT2D eigenvalue weighted by molar-refractivity contribution is -0.224. The number of halogens is 4. The van der Waals surface area contributed by atoms with Gasteiger partial charge in [0.2, 0.25) is 0 Å². The normalized spacial score (nSPS) is 20.0. The van der Waals surface area contributed by atoms with Crippen LogP contribution in [-0.2, 0) is 12.0 Å². The average Bonchev–Trinajstić information content (AvgIpc) is 3.50. The Kier molecular flexibility index (Phi) is 8.68. The van der Waals surface area contributed by atoms with Crippen LogP contribution in [0.1, 0.15) is 49.7 Å². The summed E-state index contributed by atoms with van der Waals surface area (Å²) in [6.07, 6.45) is -3.05. The van der Waals surface area contributed by atoms with Gasteiger partial charge in [0.1, 0.15) is 11.3 Å². The number of rotatable bonds is 8. The van der Waals surface area contributed by atoms with E-state index in [1.54, 1.807) is 35.7 Å². The van der Waals surface area contributed by atoms with Gasteiger partial charge < -0.3 is 10.1 Å². The number of nitrogens with one attached hydrogen (secondary N) is 1. The second-order valence-electron chi connectivity index (χ2n) is 10.9. The maximum atomic E-state index is 15.1. The zero-order valence-electron chi connectivity index (χ0n) is 22.4. The molecule has 1 fully saturated rings. The lowest BCUT2D eigenvalue weighted by atomic mass is 9.66. The Labute approximate surface area is 245 Å². The molecule has 0 radical (unpaired) electrons. The number of thiophene rings is 1. The van der Waals surface area contributed by atoms with Crippen molar-refractivity contribution in [2.24, 2.45) is 5.41 Å². The van der Waals surface area contributed by atoms with E-state index < -0.39 is 28.8 Å². The molecule has 3 aromatic rings. The molecule has 10 heteroatoms. The van der Waals surface area contributed by atoms with Crippen LogP contribution in [-0.4, -0.2) is 40.8 Å². The number of alkyl halides is 3. The molecule has 2 aromatic heterocycles. The van der Waals surface area contributed by atoms with E-state index in [1.807, 2.05) is 45.0 Å². The van der Waals surface area contributed by atoms with Crippen LogP contribution in [0.4, 0.5) is 18.0 Å². The zero-order chi connectivity index (χ0) is 28.5. The molecular formula is C29H33F3IN3O2S. The van der Waals surface area contributed by atoms with Gasteiger partial charge in [-0.3, -0.25) is 9.88 Å². The molecule has 5 nitrogen and oxygen atoms in total. The third-order valence-corrected chi connectivity index (χ3v) is 10.1. The predicted molar refractivity (Wildman–Crippen MR) is 156 cm³/mol. The van der Waals surface area contributed by atoms with Crippen LogP contribution in [0, 0.1) is 15.2 Å². The molecule has 0 spiro atoms. The fourth-order valence-electron chi connectivity index (χ4n) is 5.40. The highest BCUT2D eigenvalue weighted by Crippen LogP contribution is 2.53. The second kappa shape index (κ2) is 11.4. The number of carbonyl (C=O) groups is 1. The minimum Gasteiger partial charge on any atom is -0.410 e. The molecule has 0 saturated carbocycles. The molecule has 2 unspecified atom stereocenters. The predicted octanol–water partition coefficient (Wildman–Crippen LogP) is 7.73. The van der Waals surface area contributed by atoms with Crippen LogP contribution in [0.25, 0.3) is 0 Å². The van der Waals surface area contributed by atoms with Crippen LogP contribution in [0.15, 0.2) is 60.8 Å². The van der Waals surface area contributed by atoms with Crippen molar-refractivity contribution in [1.82, 2.24) is 15.2 Å². The van der Waals surface area contributed by atoms with E-state index in [0.717, 1.165) is 25.9 Å². The first kappa shape index (κ1) is 29.8. The monoisotopic (exact) mass is 671 g/mol. The van der Waals surface area contributed by atoms with E-state index in [2.05, 4.69) is 37.8 Å². The molecule has 4 rings (SSSR count). The van der Waals surface area contributed by atoms with Crippen LogP contribution in [0.3, 0.4) is 0 Å². The standard InChI is InChI=1S/C29H33F3IN3O2S/c1-20-10-11-21(18-34-20)26(2,3)36-17-16-28(19-36,15-14-23-12-13-24(33)39-23)27(4,29(30,31)32)35-25(37)38-22-8-6-5-7-9-22/h5-13,18H,14-17,19H2,1-4H3,(H,35,37). The molecule has 0 aliphatic carbocycles. The van der Waals surface area contributed by atoms with Crippen molar-refractivity contribution in [3.63, 3.8) is 0 Å². The number of carbonyl (C=O) groups excluding carboxylic acids is 1. The van der Waals surface area contributed by atoms with Gasteiger partial charge in [-0.1, -0.05) is 24.3 Å². The van der Waals surface area contributed by atoms with Crippen molar-refractivity contribution in [1.29, 1.82) is 0 Å². The molecule has 1 aliphatic rings. The third-order valence-electron chi connectivity index (χ3n) is 8.17. The number of ether oxygens (including phenoxy) is 1. The van der Waals surface area contributed by atoms with Gasteiger partial charge in [-0.05, 0) is 112 Å². The Morgan fingerprint density at radius 3 is 2.44 bits per heavy atom. The van der Waals surface area contributed by atoms with Gasteiger partial charge in [-0.15, -0.1) is 11.3 Å². The molecule has 39 heavy (non-hydrogen) atoms. The Bertz CT molecular complexity index is 1280. The van der Waals surface area contributed by atoms with Crippen molar-refractivity contribution in [3.8, 4) is 5.75 Å². The molecule has 1 N–H and O–H groups in total.